The van der Waals surface area contributed by atoms with E-state index in [1.807, 2.05) is 41.4 Å². The van der Waals surface area contributed by atoms with E-state index in [1.165, 1.54) is 19.3 Å². The fourth-order valence-electron chi connectivity index (χ4n) is 7.23. The molecule has 10 nitrogen and oxygen atoms in total. The number of imidazole rings is 1. The zero-order chi connectivity index (χ0) is 32.2. The normalized spacial score (nSPS) is 20.4. The molecule has 0 radical (unpaired) electrons. The summed E-state index contributed by atoms with van der Waals surface area (Å²) in [4.78, 5) is 47.0. The highest BCUT2D eigenvalue weighted by molar-refractivity contribution is 9.11. The van der Waals surface area contributed by atoms with Crippen molar-refractivity contribution in [1.29, 1.82) is 0 Å². The minimum atomic E-state index is -0.751. The number of urea groups is 1. The molecule has 46 heavy (non-hydrogen) atoms. The highest BCUT2D eigenvalue weighted by Crippen LogP contribution is 2.34. The van der Waals surface area contributed by atoms with E-state index in [1.54, 1.807) is 21.6 Å². The number of hydrogen-bond donors (Lipinski definition) is 4. The largest absolute Gasteiger partial charge is 0.506 e. The van der Waals surface area contributed by atoms with Crippen molar-refractivity contribution in [3.05, 3.63) is 73.7 Å². The second kappa shape index (κ2) is 14.8. The molecule has 2 atom stereocenters. The maximum absolute atomic E-state index is 14.0. The summed E-state index contributed by atoms with van der Waals surface area (Å²) < 4.78 is 2.79. The molecule has 3 aliphatic rings. The fourth-order valence-corrected chi connectivity index (χ4v) is 8.51. The average Bonchev–Trinajstić information content (AvgIpc) is 3.48. The van der Waals surface area contributed by atoms with Crippen LogP contribution in [-0.2, 0) is 11.2 Å². The van der Waals surface area contributed by atoms with E-state index >= 15 is 0 Å². The number of carbonyl (C=O) groups is 2. The Morgan fingerprint density at radius 2 is 1.61 bits per heavy atom. The molecule has 4 heterocycles. The number of halogens is 2. The van der Waals surface area contributed by atoms with Gasteiger partial charge in [-0.1, -0.05) is 36.8 Å². The maximum atomic E-state index is 14.0. The number of carbonyl (C=O) groups excluding carboxylic acids is 2. The molecule has 6 rings (SSSR count). The van der Waals surface area contributed by atoms with Crippen molar-refractivity contribution in [3.63, 3.8) is 0 Å². The quantitative estimate of drug-likeness (QED) is 0.257. The van der Waals surface area contributed by atoms with Crippen LogP contribution >= 0.6 is 31.9 Å². The predicted octanol–water partition coefficient (Wildman–Crippen LogP) is 5.41. The lowest BCUT2D eigenvalue weighted by Gasteiger charge is -2.39. The standard InChI is InChI=1S/C34H42Br2N6O4/c35-26-18-22(19-27(36)31(26)43)20-29(32(44)40-14-9-24(10-15-40)28-8-4-5-13-37-28)38-33(45)41-16-11-25(12-17-41)42-21-30(39-34(42)46)23-6-2-1-3-7-23/h1-3,6-7,18-19,21,24-25,28-29,37,43H,4-5,8-17,20H2,(H,38,45)(H,39,46)/t28?,29-/m1/s1. The molecule has 12 heteroatoms. The van der Waals surface area contributed by atoms with Crippen molar-refractivity contribution in [3.8, 4) is 17.0 Å². The number of likely N-dealkylation sites (tertiary alicyclic amines) is 2. The number of amides is 3. The molecule has 2 aromatic carbocycles. The Bertz CT molecular complexity index is 1550. The molecule has 3 saturated heterocycles. The van der Waals surface area contributed by atoms with Crippen LogP contribution in [0, 0.1) is 5.92 Å². The molecule has 1 unspecified atom stereocenters. The number of aromatic amines is 1. The third kappa shape index (κ3) is 7.55. The minimum absolute atomic E-state index is 0.0191. The second-order valence-electron chi connectivity index (χ2n) is 12.8. The van der Waals surface area contributed by atoms with Crippen molar-refractivity contribution in [2.24, 2.45) is 5.92 Å². The van der Waals surface area contributed by atoms with Gasteiger partial charge in [-0.2, -0.15) is 0 Å². The molecule has 3 aliphatic heterocycles. The van der Waals surface area contributed by atoms with Gasteiger partial charge in [0.15, 0.2) is 0 Å². The SMILES string of the molecule is O=C(N[C@H](Cc1cc(Br)c(O)c(Br)c1)C(=O)N1CCC(C2CCCCN2)CC1)N1CCC(n2cc(-c3ccccc3)[nH]c2=O)CC1. The molecule has 3 aromatic rings. The maximum Gasteiger partial charge on any atom is 0.326 e. The third-order valence-corrected chi connectivity index (χ3v) is 11.1. The summed E-state index contributed by atoms with van der Waals surface area (Å²) in [7, 11) is 0. The van der Waals surface area contributed by atoms with Gasteiger partial charge in [-0.15, -0.1) is 0 Å². The van der Waals surface area contributed by atoms with Crippen LogP contribution in [0.4, 0.5) is 4.79 Å². The van der Waals surface area contributed by atoms with E-state index in [4.69, 9.17) is 0 Å². The number of hydrogen-bond acceptors (Lipinski definition) is 5. The van der Waals surface area contributed by atoms with E-state index in [9.17, 15) is 19.5 Å². The second-order valence-corrected chi connectivity index (χ2v) is 14.5. The number of H-pyrrole nitrogens is 1. The highest BCUT2D eigenvalue weighted by Gasteiger charge is 2.34. The van der Waals surface area contributed by atoms with E-state index in [2.05, 4.69) is 47.5 Å². The van der Waals surface area contributed by atoms with Crippen molar-refractivity contribution >= 4 is 43.8 Å². The monoisotopic (exact) mass is 756 g/mol. The number of phenolic OH excluding ortho intramolecular Hbond substituents is 1. The van der Waals surface area contributed by atoms with E-state index in [0.717, 1.165) is 36.2 Å². The predicted molar refractivity (Wildman–Crippen MR) is 185 cm³/mol. The van der Waals surface area contributed by atoms with Gasteiger partial charge < -0.3 is 30.5 Å². The molecule has 0 spiro atoms. The number of phenols is 1. The fraction of sp³-hybridized carbons (Fsp3) is 0.500. The Morgan fingerprint density at radius 1 is 0.935 bits per heavy atom. The van der Waals surface area contributed by atoms with Crippen LogP contribution in [-0.4, -0.2) is 81.2 Å². The summed E-state index contributed by atoms with van der Waals surface area (Å²) in [6.07, 6.45) is 9.05. The lowest BCUT2D eigenvalue weighted by molar-refractivity contribution is -0.134. The van der Waals surface area contributed by atoms with Crippen molar-refractivity contribution in [1.82, 2.24) is 30.0 Å². The number of nitrogens with one attached hydrogen (secondary N) is 3. The smallest absolute Gasteiger partial charge is 0.326 e. The number of piperidine rings is 3. The Balaban J connectivity index is 1.11. The van der Waals surface area contributed by atoms with Gasteiger partial charge in [0.2, 0.25) is 5.91 Å². The molecular formula is C34H42Br2N6O4. The summed E-state index contributed by atoms with van der Waals surface area (Å²) in [6, 6.07) is 12.8. The molecule has 0 bridgehead atoms. The van der Waals surface area contributed by atoms with Crippen LogP contribution in [0.15, 0.2) is 62.4 Å². The van der Waals surface area contributed by atoms with Crippen molar-refractivity contribution < 1.29 is 14.7 Å². The molecule has 1 aromatic heterocycles. The summed E-state index contributed by atoms with van der Waals surface area (Å²) in [5, 5.41) is 17.0. The molecule has 0 saturated carbocycles. The van der Waals surface area contributed by atoms with Crippen molar-refractivity contribution in [2.45, 2.75) is 69.5 Å². The van der Waals surface area contributed by atoms with Gasteiger partial charge in [0.1, 0.15) is 11.8 Å². The Hall–Kier alpha value is -3.09. The van der Waals surface area contributed by atoms with E-state index in [0.29, 0.717) is 66.3 Å². The van der Waals surface area contributed by atoms with Crippen LogP contribution in [0.1, 0.15) is 56.6 Å². The Labute approximate surface area is 286 Å². The highest BCUT2D eigenvalue weighted by atomic mass is 79.9. The van der Waals surface area contributed by atoms with Crippen LogP contribution in [0.2, 0.25) is 0 Å². The number of aromatic nitrogens is 2. The van der Waals surface area contributed by atoms with Gasteiger partial charge in [0.25, 0.3) is 0 Å². The average molecular weight is 759 g/mol. The van der Waals surface area contributed by atoms with Gasteiger partial charge in [0, 0.05) is 50.9 Å². The van der Waals surface area contributed by atoms with E-state index < -0.39 is 6.04 Å². The van der Waals surface area contributed by atoms with Gasteiger partial charge >= 0.3 is 11.7 Å². The summed E-state index contributed by atoms with van der Waals surface area (Å²) >= 11 is 6.80. The summed E-state index contributed by atoms with van der Waals surface area (Å²) in [5.41, 5.74) is 2.39. The zero-order valence-corrected chi connectivity index (χ0v) is 29.1. The Kier molecular flexibility index (Phi) is 10.5. The number of aromatic hydroxyl groups is 1. The van der Waals surface area contributed by atoms with Crippen molar-refractivity contribution in [2.75, 3.05) is 32.7 Å². The van der Waals surface area contributed by atoms with Crippen LogP contribution in [0.5, 0.6) is 5.75 Å². The number of rotatable bonds is 7. The lowest BCUT2D eigenvalue weighted by Crippen LogP contribution is -2.56. The molecule has 3 amide bonds. The summed E-state index contributed by atoms with van der Waals surface area (Å²) in [6.45, 7) is 3.39. The lowest BCUT2D eigenvalue weighted by atomic mass is 9.85. The third-order valence-electron chi connectivity index (χ3n) is 9.86. The minimum Gasteiger partial charge on any atom is -0.506 e. The first-order valence-corrected chi connectivity index (χ1v) is 18.0. The van der Waals surface area contributed by atoms with Crippen LogP contribution in [0.25, 0.3) is 11.3 Å². The van der Waals surface area contributed by atoms with Crippen LogP contribution in [0.3, 0.4) is 0 Å². The molecule has 4 N–H and O–H groups in total. The topological polar surface area (TPSA) is 123 Å². The molecule has 246 valence electrons. The summed E-state index contributed by atoms with van der Waals surface area (Å²) in [5.74, 6) is 0.583. The number of benzene rings is 2. The van der Waals surface area contributed by atoms with Gasteiger partial charge in [-0.05, 0) is 106 Å². The van der Waals surface area contributed by atoms with Gasteiger partial charge in [-0.3, -0.25) is 9.36 Å². The number of nitrogens with zero attached hydrogens (tertiary/aromatic N) is 3. The van der Waals surface area contributed by atoms with Gasteiger partial charge in [-0.25, -0.2) is 9.59 Å². The van der Waals surface area contributed by atoms with Crippen LogP contribution < -0.4 is 16.3 Å². The first-order chi connectivity index (χ1) is 22.3. The Morgan fingerprint density at radius 3 is 2.26 bits per heavy atom. The first kappa shape index (κ1) is 32.8. The zero-order valence-electron chi connectivity index (χ0n) is 25.9. The first-order valence-electron chi connectivity index (χ1n) is 16.4. The molecular weight excluding hydrogens is 716 g/mol. The molecule has 0 aliphatic carbocycles. The van der Waals surface area contributed by atoms with Gasteiger partial charge in [0.05, 0.1) is 14.6 Å². The molecule has 3 fully saturated rings. The van der Waals surface area contributed by atoms with E-state index in [-0.39, 0.29) is 29.4 Å².